The lowest BCUT2D eigenvalue weighted by Gasteiger charge is -2.47. The highest BCUT2D eigenvalue weighted by atomic mass is 16.2. The fraction of sp³-hybridized carbons (Fsp3) is 0.933. The van der Waals surface area contributed by atoms with Crippen LogP contribution in [0.4, 0.5) is 0 Å². The van der Waals surface area contributed by atoms with Gasteiger partial charge in [-0.3, -0.25) is 9.69 Å². The lowest BCUT2D eigenvalue weighted by atomic mass is 9.62. The molecule has 0 spiro atoms. The highest BCUT2D eigenvalue weighted by Gasteiger charge is 2.49. The first kappa shape index (κ1) is 13.4. The Labute approximate surface area is 116 Å². The molecule has 1 unspecified atom stereocenters. The van der Waals surface area contributed by atoms with Gasteiger partial charge in [0.2, 0.25) is 5.91 Å². The number of nitrogens with two attached hydrogens (primary N) is 1. The Kier molecular flexibility index (Phi) is 3.56. The average Bonchev–Trinajstić information content (AvgIpc) is 2.71. The highest BCUT2D eigenvalue weighted by molar-refractivity contribution is 5.84. The monoisotopic (exact) mass is 265 g/mol. The number of fused-ring (bicyclic) bond motifs is 1. The molecular weight excluding hydrogens is 238 g/mol. The predicted octanol–water partition coefficient (Wildman–Crippen LogP) is 1.06. The lowest BCUT2D eigenvalue weighted by molar-refractivity contribution is -0.150. The van der Waals surface area contributed by atoms with Crippen LogP contribution in [0.15, 0.2) is 0 Å². The SMILES string of the molecule is CC1CC(CN)(C(=O)N2CCCN3CCCC3C2)C1. The molecule has 0 bridgehead atoms. The summed E-state index contributed by atoms with van der Waals surface area (Å²) in [6.45, 7) is 7.02. The van der Waals surface area contributed by atoms with Gasteiger partial charge >= 0.3 is 0 Å². The molecule has 1 atom stereocenters. The van der Waals surface area contributed by atoms with Crippen molar-refractivity contribution in [3.05, 3.63) is 0 Å². The molecule has 3 fully saturated rings. The Morgan fingerprint density at radius 3 is 2.68 bits per heavy atom. The Hall–Kier alpha value is -0.610. The van der Waals surface area contributed by atoms with Crippen molar-refractivity contribution in [2.75, 3.05) is 32.7 Å². The Morgan fingerprint density at radius 1 is 1.26 bits per heavy atom. The fourth-order valence-corrected chi connectivity index (χ4v) is 4.43. The Bertz CT molecular complexity index is 351. The molecule has 19 heavy (non-hydrogen) atoms. The van der Waals surface area contributed by atoms with Crippen LogP contribution in [0.1, 0.15) is 39.0 Å². The first-order chi connectivity index (χ1) is 9.14. The number of rotatable bonds is 2. The number of hydrogen-bond acceptors (Lipinski definition) is 3. The van der Waals surface area contributed by atoms with E-state index in [2.05, 4.69) is 16.7 Å². The van der Waals surface area contributed by atoms with Gasteiger partial charge in [-0.1, -0.05) is 6.92 Å². The van der Waals surface area contributed by atoms with Gasteiger partial charge in [-0.15, -0.1) is 0 Å². The van der Waals surface area contributed by atoms with E-state index in [9.17, 15) is 4.79 Å². The van der Waals surface area contributed by atoms with E-state index in [0.29, 0.717) is 24.4 Å². The summed E-state index contributed by atoms with van der Waals surface area (Å²) in [5.74, 6) is 1.02. The minimum Gasteiger partial charge on any atom is -0.341 e. The average molecular weight is 265 g/mol. The van der Waals surface area contributed by atoms with Gasteiger partial charge in [-0.25, -0.2) is 0 Å². The molecule has 0 radical (unpaired) electrons. The minimum absolute atomic E-state index is 0.215. The van der Waals surface area contributed by atoms with E-state index in [1.165, 1.54) is 25.9 Å². The topological polar surface area (TPSA) is 49.6 Å². The zero-order valence-electron chi connectivity index (χ0n) is 12.1. The van der Waals surface area contributed by atoms with Crippen LogP contribution < -0.4 is 5.73 Å². The zero-order valence-corrected chi connectivity index (χ0v) is 12.1. The largest absolute Gasteiger partial charge is 0.341 e. The van der Waals surface area contributed by atoms with Gasteiger partial charge in [0.1, 0.15) is 0 Å². The van der Waals surface area contributed by atoms with Crippen LogP contribution in [0.3, 0.4) is 0 Å². The first-order valence-corrected chi connectivity index (χ1v) is 7.88. The van der Waals surface area contributed by atoms with Crippen molar-refractivity contribution in [2.24, 2.45) is 17.1 Å². The summed E-state index contributed by atoms with van der Waals surface area (Å²) in [6.07, 6.45) is 5.67. The summed E-state index contributed by atoms with van der Waals surface area (Å²) < 4.78 is 0. The molecule has 1 aliphatic carbocycles. The van der Waals surface area contributed by atoms with Gasteiger partial charge in [0.15, 0.2) is 0 Å². The summed E-state index contributed by atoms with van der Waals surface area (Å²) in [5.41, 5.74) is 5.71. The Balaban J connectivity index is 1.69. The predicted molar refractivity (Wildman–Crippen MR) is 75.7 cm³/mol. The van der Waals surface area contributed by atoms with E-state index in [-0.39, 0.29) is 5.41 Å². The van der Waals surface area contributed by atoms with E-state index >= 15 is 0 Å². The van der Waals surface area contributed by atoms with Crippen molar-refractivity contribution in [2.45, 2.75) is 45.1 Å². The number of nitrogens with zero attached hydrogens (tertiary/aromatic N) is 2. The summed E-state index contributed by atoms with van der Waals surface area (Å²) in [7, 11) is 0. The fourth-order valence-electron chi connectivity index (χ4n) is 4.43. The molecule has 2 aliphatic heterocycles. The van der Waals surface area contributed by atoms with Crippen LogP contribution >= 0.6 is 0 Å². The van der Waals surface area contributed by atoms with Crippen molar-refractivity contribution >= 4 is 5.91 Å². The van der Waals surface area contributed by atoms with Gasteiger partial charge in [0.25, 0.3) is 0 Å². The second-order valence-electron chi connectivity index (χ2n) is 6.93. The van der Waals surface area contributed by atoms with Gasteiger partial charge in [0, 0.05) is 32.2 Å². The quantitative estimate of drug-likeness (QED) is 0.812. The maximum atomic E-state index is 12.8. The van der Waals surface area contributed by atoms with E-state index < -0.39 is 0 Å². The van der Waals surface area contributed by atoms with Gasteiger partial charge in [-0.05, 0) is 44.6 Å². The summed E-state index contributed by atoms with van der Waals surface area (Å²) in [4.78, 5) is 17.6. The molecule has 0 aromatic carbocycles. The standard InChI is InChI=1S/C15H27N3O/c1-12-8-15(9-12,11-16)14(19)18-7-3-6-17-5-2-4-13(17)10-18/h12-13H,2-11,16H2,1H3. The third-order valence-corrected chi connectivity index (χ3v) is 5.41. The first-order valence-electron chi connectivity index (χ1n) is 7.88. The van der Waals surface area contributed by atoms with Gasteiger partial charge in [-0.2, -0.15) is 0 Å². The van der Waals surface area contributed by atoms with Crippen molar-refractivity contribution in [3.63, 3.8) is 0 Å². The molecule has 108 valence electrons. The van der Waals surface area contributed by atoms with Crippen LogP contribution in [0.25, 0.3) is 0 Å². The molecule has 0 aromatic rings. The second-order valence-corrected chi connectivity index (χ2v) is 6.93. The van der Waals surface area contributed by atoms with Crippen LogP contribution in [-0.2, 0) is 4.79 Å². The maximum Gasteiger partial charge on any atom is 0.230 e. The van der Waals surface area contributed by atoms with Crippen LogP contribution in [-0.4, -0.2) is 54.5 Å². The lowest BCUT2D eigenvalue weighted by Crippen LogP contribution is -2.55. The maximum absolute atomic E-state index is 12.8. The van der Waals surface area contributed by atoms with E-state index in [1.807, 2.05) is 0 Å². The molecule has 4 nitrogen and oxygen atoms in total. The molecule has 1 saturated carbocycles. The molecule has 3 rings (SSSR count). The molecule has 1 amide bonds. The van der Waals surface area contributed by atoms with E-state index in [1.54, 1.807) is 0 Å². The molecule has 2 heterocycles. The van der Waals surface area contributed by atoms with Crippen LogP contribution in [0, 0.1) is 11.3 Å². The second kappa shape index (κ2) is 5.06. The number of hydrogen-bond donors (Lipinski definition) is 1. The third-order valence-electron chi connectivity index (χ3n) is 5.41. The van der Waals surface area contributed by atoms with Gasteiger partial charge < -0.3 is 10.6 Å². The van der Waals surface area contributed by atoms with Crippen LogP contribution in [0.5, 0.6) is 0 Å². The molecule has 0 aromatic heterocycles. The molecule has 4 heteroatoms. The van der Waals surface area contributed by atoms with Gasteiger partial charge in [0.05, 0.1) is 5.41 Å². The van der Waals surface area contributed by atoms with Crippen molar-refractivity contribution < 1.29 is 4.79 Å². The minimum atomic E-state index is -0.215. The summed E-state index contributed by atoms with van der Waals surface area (Å²) in [5, 5.41) is 0. The third kappa shape index (κ3) is 2.29. The number of carbonyl (C=O) groups excluding carboxylic acids is 1. The van der Waals surface area contributed by atoms with Crippen LogP contribution in [0.2, 0.25) is 0 Å². The van der Waals surface area contributed by atoms with Crippen molar-refractivity contribution in [1.29, 1.82) is 0 Å². The highest BCUT2D eigenvalue weighted by Crippen LogP contribution is 2.46. The zero-order chi connectivity index (χ0) is 13.5. The number of carbonyl (C=O) groups is 1. The van der Waals surface area contributed by atoms with E-state index in [0.717, 1.165) is 32.4 Å². The number of amides is 1. The van der Waals surface area contributed by atoms with Crippen molar-refractivity contribution in [3.8, 4) is 0 Å². The molecule has 2 N–H and O–H groups in total. The molecule has 3 aliphatic rings. The molecular formula is C15H27N3O. The van der Waals surface area contributed by atoms with Crippen molar-refractivity contribution in [1.82, 2.24) is 9.80 Å². The summed E-state index contributed by atoms with van der Waals surface area (Å²) >= 11 is 0. The Morgan fingerprint density at radius 2 is 2.00 bits per heavy atom. The smallest absolute Gasteiger partial charge is 0.230 e. The molecule has 2 saturated heterocycles. The normalized spacial score (nSPS) is 39.6. The summed E-state index contributed by atoms with van der Waals surface area (Å²) in [6, 6.07) is 0.610. The van der Waals surface area contributed by atoms with E-state index in [4.69, 9.17) is 5.73 Å².